The molecule has 0 bridgehead atoms. The Morgan fingerprint density at radius 1 is 1.40 bits per heavy atom. The van der Waals surface area contributed by atoms with E-state index in [4.69, 9.17) is 22.1 Å². The molecule has 1 amide bonds. The summed E-state index contributed by atoms with van der Waals surface area (Å²) in [4.78, 5) is 15.2. The molecule has 1 saturated heterocycles. The van der Waals surface area contributed by atoms with E-state index >= 15 is 0 Å². The molecule has 2 aliphatic rings. The average Bonchev–Trinajstić information content (AvgIpc) is 2.99. The maximum absolute atomic E-state index is 12.7. The summed E-state index contributed by atoms with van der Waals surface area (Å²) in [7, 11) is 1.53. The largest absolute Gasteiger partial charge is 0.496 e. The second kappa shape index (κ2) is 7.83. The summed E-state index contributed by atoms with van der Waals surface area (Å²) >= 11 is 6.08. The van der Waals surface area contributed by atoms with Crippen LogP contribution >= 0.6 is 11.6 Å². The zero-order valence-electron chi connectivity index (χ0n) is 15.1. The lowest BCUT2D eigenvalue weighted by Crippen LogP contribution is -2.43. The lowest BCUT2D eigenvalue weighted by atomic mass is 9.78. The minimum absolute atomic E-state index is 0.158. The highest BCUT2D eigenvalue weighted by atomic mass is 35.5. The van der Waals surface area contributed by atoms with Crippen LogP contribution in [-0.4, -0.2) is 43.6 Å². The minimum atomic E-state index is -0.158. The Bertz CT molecular complexity index is 637. The van der Waals surface area contributed by atoms with Crippen LogP contribution in [0, 0.1) is 11.8 Å². The van der Waals surface area contributed by atoms with Crippen molar-refractivity contribution >= 4 is 23.2 Å². The molecule has 0 aromatic heterocycles. The first-order valence-electron chi connectivity index (χ1n) is 9.20. The Morgan fingerprint density at radius 2 is 2.16 bits per heavy atom. The van der Waals surface area contributed by atoms with E-state index in [1.165, 1.54) is 39.3 Å². The van der Waals surface area contributed by atoms with Crippen molar-refractivity contribution in [3.05, 3.63) is 22.7 Å². The molecule has 1 aromatic rings. The molecule has 1 heterocycles. The van der Waals surface area contributed by atoms with Crippen LogP contribution in [0.25, 0.3) is 0 Å². The highest BCUT2D eigenvalue weighted by Crippen LogP contribution is 2.40. The first-order valence-corrected chi connectivity index (χ1v) is 9.58. The highest BCUT2D eigenvalue weighted by Gasteiger charge is 2.41. The number of hydrogen-bond acceptors (Lipinski definition) is 4. The van der Waals surface area contributed by atoms with Crippen molar-refractivity contribution in [2.24, 2.45) is 11.8 Å². The molecule has 3 unspecified atom stereocenters. The number of methoxy groups -OCH3 is 1. The molecule has 1 saturated carbocycles. The second-order valence-corrected chi connectivity index (χ2v) is 7.55. The molecule has 6 heteroatoms. The molecule has 3 atom stereocenters. The van der Waals surface area contributed by atoms with E-state index in [0.717, 1.165) is 12.5 Å². The molecule has 138 valence electrons. The third-order valence-corrected chi connectivity index (χ3v) is 6.17. The maximum Gasteiger partial charge on any atom is 0.255 e. The predicted octanol–water partition coefficient (Wildman–Crippen LogP) is 3.17. The van der Waals surface area contributed by atoms with Crippen LogP contribution in [0.3, 0.4) is 0 Å². The van der Waals surface area contributed by atoms with Crippen molar-refractivity contribution in [1.29, 1.82) is 0 Å². The number of rotatable bonds is 5. The quantitative estimate of drug-likeness (QED) is 0.786. The van der Waals surface area contributed by atoms with Crippen LogP contribution < -0.4 is 15.8 Å². The number of nitrogens with two attached hydrogens (primary N) is 1. The van der Waals surface area contributed by atoms with Gasteiger partial charge in [0.15, 0.2) is 0 Å². The van der Waals surface area contributed by atoms with Gasteiger partial charge in [0, 0.05) is 25.2 Å². The molecule has 3 rings (SSSR count). The van der Waals surface area contributed by atoms with Gasteiger partial charge in [-0.2, -0.15) is 0 Å². The summed E-state index contributed by atoms with van der Waals surface area (Å²) in [5.41, 5.74) is 6.64. The number of benzene rings is 1. The van der Waals surface area contributed by atoms with E-state index in [2.05, 4.69) is 17.1 Å². The van der Waals surface area contributed by atoms with E-state index in [0.29, 0.717) is 40.5 Å². The van der Waals surface area contributed by atoms with Gasteiger partial charge in [-0.25, -0.2) is 0 Å². The fourth-order valence-corrected chi connectivity index (χ4v) is 4.69. The van der Waals surface area contributed by atoms with Gasteiger partial charge in [0.05, 0.1) is 23.4 Å². The van der Waals surface area contributed by atoms with E-state index in [1.807, 2.05) is 0 Å². The zero-order valence-corrected chi connectivity index (χ0v) is 15.8. The number of amides is 1. The number of ether oxygens (including phenoxy) is 1. The molecule has 0 radical (unpaired) electrons. The molecule has 1 aliphatic carbocycles. The third kappa shape index (κ3) is 3.72. The summed E-state index contributed by atoms with van der Waals surface area (Å²) in [5, 5.41) is 3.47. The van der Waals surface area contributed by atoms with Gasteiger partial charge in [-0.15, -0.1) is 0 Å². The van der Waals surface area contributed by atoms with Gasteiger partial charge in [0.1, 0.15) is 5.75 Å². The number of nitrogens with one attached hydrogen (secondary N) is 1. The lowest BCUT2D eigenvalue weighted by molar-refractivity contribution is 0.0930. The van der Waals surface area contributed by atoms with E-state index < -0.39 is 0 Å². The lowest BCUT2D eigenvalue weighted by Gasteiger charge is -2.30. The summed E-state index contributed by atoms with van der Waals surface area (Å²) in [5.74, 6) is 1.78. The van der Waals surface area contributed by atoms with Crippen molar-refractivity contribution in [3.63, 3.8) is 0 Å². The number of likely N-dealkylation sites (N-methyl/N-ethyl adjacent to an activating group) is 1. The SMILES string of the molecule is CCN1CC2CCCCC2C1CNC(=O)c1cc(Cl)c(N)cc1OC. The van der Waals surface area contributed by atoms with E-state index in [9.17, 15) is 4.79 Å². The van der Waals surface area contributed by atoms with Crippen LogP contribution in [0.4, 0.5) is 5.69 Å². The molecule has 1 aliphatic heterocycles. The normalized spacial score (nSPS) is 26.3. The van der Waals surface area contributed by atoms with E-state index in [-0.39, 0.29) is 5.91 Å². The average molecular weight is 366 g/mol. The third-order valence-electron chi connectivity index (χ3n) is 5.84. The monoisotopic (exact) mass is 365 g/mol. The molecule has 2 fully saturated rings. The van der Waals surface area contributed by atoms with E-state index in [1.54, 1.807) is 12.1 Å². The van der Waals surface area contributed by atoms with Gasteiger partial charge < -0.3 is 15.8 Å². The molecular formula is C19H28ClN3O2. The smallest absolute Gasteiger partial charge is 0.255 e. The Balaban J connectivity index is 1.70. The van der Waals surface area contributed by atoms with Gasteiger partial charge >= 0.3 is 0 Å². The van der Waals surface area contributed by atoms with Crippen LogP contribution in [0.2, 0.25) is 5.02 Å². The van der Waals surface area contributed by atoms with Crippen molar-refractivity contribution in [3.8, 4) is 5.75 Å². The number of nitrogen functional groups attached to an aromatic ring is 1. The zero-order chi connectivity index (χ0) is 18.0. The van der Waals surface area contributed by atoms with Gasteiger partial charge in [-0.05, 0) is 37.3 Å². The van der Waals surface area contributed by atoms with Crippen LogP contribution in [0.1, 0.15) is 43.0 Å². The van der Waals surface area contributed by atoms with Crippen LogP contribution in [0.15, 0.2) is 12.1 Å². The first kappa shape index (κ1) is 18.3. The number of halogens is 1. The van der Waals surface area contributed by atoms with Gasteiger partial charge in [0.2, 0.25) is 0 Å². The summed E-state index contributed by atoms with van der Waals surface area (Å²) < 4.78 is 5.29. The summed E-state index contributed by atoms with van der Waals surface area (Å²) in [6.45, 7) is 5.07. The van der Waals surface area contributed by atoms with Crippen molar-refractivity contribution in [1.82, 2.24) is 10.2 Å². The van der Waals surface area contributed by atoms with Crippen LogP contribution in [0.5, 0.6) is 5.75 Å². The topological polar surface area (TPSA) is 67.6 Å². The summed E-state index contributed by atoms with van der Waals surface area (Å²) in [6, 6.07) is 3.61. The Morgan fingerprint density at radius 3 is 2.88 bits per heavy atom. The molecule has 3 N–H and O–H groups in total. The Hall–Kier alpha value is -1.46. The molecule has 25 heavy (non-hydrogen) atoms. The fourth-order valence-electron chi connectivity index (χ4n) is 4.53. The molecule has 1 aromatic carbocycles. The number of nitrogens with zero attached hydrogens (tertiary/aromatic N) is 1. The number of hydrogen-bond donors (Lipinski definition) is 2. The number of carbonyl (C=O) groups excluding carboxylic acids is 1. The summed E-state index contributed by atoms with van der Waals surface area (Å²) in [6.07, 6.45) is 5.26. The number of fused-ring (bicyclic) bond motifs is 1. The maximum atomic E-state index is 12.7. The standard InChI is InChI=1S/C19H28ClN3O2/c1-3-23-11-12-6-4-5-7-13(12)17(23)10-22-19(24)14-8-15(20)16(21)9-18(14)25-2/h8-9,12-13,17H,3-7,10-11,21H2,1-2H3,(H,22,24). The fraction of sp³-hybridized carbons (Fsp3) is 0.632. The molecule has 5 nitrogen and oxygen atoms in total. The highest BCUT2D eigenvalue weighted by molar-refractivity contribution is 6.33. The molecular weight excluding hydrogens is 338 g/mol. The Labute approximate surface area is 154 Å². The second-order valence-electron chi connectivity index (χ2n) is 7.15. The van der Waals surface area contributed by atoms with Crippen LogP contribution in [-0.2, 0) is 0 Å². The van der Waals surface area contributed by atoms with Crippen molar-refractivity contribution < 1.29 is 9.53 Å². The number of likely N-dealkylation sites (tertiary alicyclic amines) is 1. The van der Waals surface area contributed by atoms with Gasteiger partial charge in [-0.3, -0.25) is 9.69 Å². The molecule has 0 spiro atoms. The van der Waals surface area contributed by atoms with Gasteiger partial charge in [-0.1, -0.05) is 31.4 Å². The number of carbonyl (C=O) groups is 1. The first-order chi connectivity index (χ1) is 12.0. The van der Waals surface area contributed by atoms with Gasteiger partial charge in [0.25, 0.3) is 5.91 Å². The predicted molar refractivity (Wildman–Crippen MR) is 101 cm³/mol. The van der Waals surface area contributed by atoms with Crippen molar-refractivity contribution in [2.45, 2.75) is 38.6 Å². The minimum Gasteiger partial charge on any atom is -0.496 e. The Kier molecular flexibility index (Phi) is 5.74. The van der Waals surface area contributed by atoms with Crippen molar-refractivity contribution in [2.75, 3.05) is 32.5 Å². The number of anilines is 1.